The van der Waals surface area contributed by atoms with E-state index in [-0.39, 0.29) is 0 Å². The van der Waals surface area contributed by atoms with E-state index in [0.29, 0.717) is 11.9 Å². The van der Waals surface area contributed by atoms with Crippen molar-refractivity contribution in [2.24, 2.45) is 0 Å². The molecular weight excluding hydrogens is 258 g/mol. The zero-order valence-corrected chi connectivity index (χ0v) is 11.5. The molecule has 100 valence electrons. The molecule has 1 fully saturated rings. The highest BCUT2D eigenvalue weighted by Gasteiger charge is 2.29. The summed E-state index contributed by atoms with van der Waals surface area (Å²) >= 11 is 1.90. The molecule has 0 atom stereocenters. The van der Waals surface area contributed by atoms with E-state index in [4.69, 9.17) is 4.42 Å². The van der Waals surface area contributed by atoms with Crippen molar-refractivity contribution < 1.29 is 4.42 Å². The quantitative estimate of drug-likeness (QED) is 0.786. The van der Waals surface area contributed by atoms with Crippen LogP contribution >= 0.6 is 11.8 Å². The van der Waals surface area contributed by atoms with Gasteiger partial charge < -0.3 is 9.73 Å². The molecule has 5 heteroatoms. The van der Waals surface area contributed by atoms with Gasteiger partial charge in [-0.15, -0.1) is 5.10 Å². The third-order valence-corrected chi connectivity index (χ3v) is 4.03. The summed E-state index contributed by atoms with van der Waals surface area (Å²) in [5.74, 6) is 3.38. The van der Waals surface area contributed by atoms with Crippen LogP contribution < -0.4 is 5.32 Å². The Morgan fingerprint density at radius 3 is 2.84 bits per heavy atom. The summed E-state index contributed by atoms with van der Waals surface area (Å²) in [6, 6.07) is 11.1. The molecule has 1 N–H and O–H groups in total. The van der Waals surface area contributed by atoms with Gasteiger partial charge in [-0.05, 0) is 18.4 Å². The van der Waals surface area contributed by atoms with Crippen LogP contribution in [0, 0.1) is 0 Å². The minimum absolute atomic E-state index is 0.524. The highest BCUT2D eigenvalue weighted by molar-refractivity contribution is 7.98. The number of thioether (sulfide) groups is 1. The van der Waals surface area contributed by atoms with E-state index in [0.717, 1.165) is 23.9 Å². The lowest BCUT2D eigenvalue weighted by Crippen LogP contribution is -2.04. The fourth-order valence-corrected chi connectivity index (χ4v) is 2.61. The largest absolute Gasteiger partial charge is 0.408 e. The van der Waals surface area contributed by atoms with Crippen LogP contribution in [0.1, 0.15) is 30.2 Å². The van der Waals surface area contributed by atoms with E-state index in [1.54, 1.807) is 0 Å². The molecule has 0 bridgehead atoms. The Balaban J connectivity index is 1.34. The first kappa shape index (κ1) is 12.5. The fraction of sp³-hybridized carbons (Fsp3) is 0.429. The number of nitrogens with zero attached hydrogens (tertiary/aromatic N) is 2. The fourth-order valence-electron chi connectivity index (χ4n) is 1.80. The molecular formula is C14H17N3OS. The van der Waals surface area contributed by atoms with Crippen LogP contribution in [0.2, 0.25) is 0 Å². The van der Waals surface area contributed by atoms with Gasteiger partial charge in [-0.1, -0.05) is 35.4 Å². The smallest absolute Gasteiger partial charge is 0.315 e. The highest BCUT2D eigenvalue weighted by atomic mass is 32.2. The standard InChI is InChI=1S/C14H17N3OS/c1-2-4-11(5-3-1)10-19-9-8-15-14-17-16-13(18-14)12-6-7-12/h1-5,12H,6-10H2,(H,15,17). The number of anilines is 1. The predicted octanol–water partition coefficient (Wildman–Crippen LogP) is 3.29. The number of aromatic nitrogens is 2. The lowest BCUT2D eigenvalue weighted by atomic mass is 10.2. The minimum Gasteiger partial charge on any atom is -0.408 e. The molecule has 0 saturated heterocycles. The summed E-state index contributed by atoms with van der Waals surface area (Å²) in [7, 11) is 0. The average Bonchev–Trinajstić information content (AvgIpc) is 3.20. The van der Waals surface area contributed by atoms with E-state index in [9.17, 15) is 0 Å². The predicted molar refractivity (Wildman–Crippen MR) is 77.4 cm³/mol. The molecule has 1 aromatic heterocycles. The van der Waals surface area contributed by atoms with Gasteiger partial charge >= 0.3 is 6.01 Å². The van der Waals surface area contributed by atoms with Crippen molar-refractivity contribution in [2.45, 2.75) is 24.5 Å². The Morgan fingerprint density at radius 2 is 2.05 bits per heavy atom. The third-order valence-electron chi connectivity index (χ3n) is 3.00. The Hall–Kier alpha value is -1.49. The Bertz CT molecular complexity index is 510. The lowest BCUT2D eigenvalue weighted by molar-refractivity contribution is 0.508. The summed E-state index contributed by atoms with van der Waals surface area (Å²) in [6.45, 7) is 0.851. The van der Waals surface area contributed by atoms with Gasteiger partial charge in [0, 0.05) is 24.0 Å². The summed E-state index contributed by atoms with van der Waals surface area (Å²) in [6.07, 6.45) is 2.38. The maximum atomic E-state index is 5.53. The molecule has 4 nitrogen and oxygen atoms in total. The first-order valence-electron chi connectivity index (χ1n) is 6.61. The molecule has 1 aliphatic rings. The third kappa shape index (κ3) is 3.73. The maximum Gasteiger partial charge on any atom is 0.315 e. The number of hydrogen-bond acceptors (Lipinski definition) is 5. The van der Waals surface area contributed by atoms with Crippen molar-refractivity contribution in [3.63, 3.8) is 0 Å². The number of benzene rings is 1. The first-order valence-corrected chi connectivity index (χ1v) is 7.76. The second kappa shape index (κ2) is 6.10. The van der Waals surface area contributed by atoms with Gasteiger partial charge in [-0.3, -0.25) is 0 Å². The Morgan fingerprint density at radius 1 is 1.21 bits per heavy atom. The second-order valence-electron chi connectivity index (χ2n) is 4.68. The van der Waals surface area contributed by atoms with Crippen LogP contribution in [0.3, 0.4) is 0 Å². The number of nitrogens with one attached hydrogen (secondary N) is 1. The van der Waals surface area contributed by atoms with E-state index in [1.807, 2.05) is 17.8 Å². The van der Waals surface area contributed by atoms with Crippen molar-refractivity contribution in [2.75, 3.05) is 17.6 Å². The van der Waals surface area contributed by atoms with E-state index in [2.05, 4.69) is 39.8 Å². The van der Waals surface area contributed by atoms with Gasteiger partial charge in [0.1, 0.15) is 0 Å². The SMILES string of the molecule is c1ccc(CSCCNc2nnc(C3CC3)o2)cc1. The Kier molecular flexibility index (Phi) is 4.03. The molecule has 1 aromatic carbocycles. The normalized spacial score (nSPS) is 14.5. The zero-order chi connectivity index (χ0) is 12.9. The van der Waals surface area contributed by atoms with Gasteiger partial charge in [0.15, 0.2) is 0 Å². The number of hydrogen-bond donors (Lipinski definition) is 1. The van der Waals surface area contributed by atoms with E-state index in [1.165, 1.54) is 18.4 Å². The van der Waals surface area contributed by atoms with Gasteiger partial charge in [0.2, 0.25) is 5.89 Å². The van der Waals surface area contributed by atoms with Crippen LogP contribution in [0.4, 0.5) is 6.01 Å². The van der Waals surface area contributed by atoms with Crippen LogP contribution in [0.15, 0.2) is 34.7 Å². The van der Waals surface area contributed by atoms with Gasteiger partial charge in [-0.25, -0.2) is 0 Å². The summed E-state index contributed by atoms with van der Waals surface area (Å²) in [4.78, 5) is 0. The molecule has 1 aliphatic carbocycles. The second-order valence-corrected chi connectivity index (χ2v) is 5.79. The molecule has 3 rings (SSSR count). The number of rotatable bonds is 7. The molecule has 0 amide bonds. The lowest BCUT2D eigenvalue weighted by Gasteiger charge is -2.02. The van der Waals surface area contributed by atoms with E-state index < -0.39 is 0 Å². The maximum absolute atomic E-state index is 5.53. The topological polar surface area (TPSA) is 51.0 Å². The van der Waals surface area contributed by atoms with Crippen LogP contribution in [0.25, 0.3) is 0 Å². The molecule has 0 radical (unpaired) electrons. The van der Waals surface area contributed by atoms with Crippen molar-refractivity contribution in [3.05, 3.63) is 41.8 Å². The highest BCUT2D eigenvalue weighted by Crippen LogP contribution is 2.39. The summed E-state index contributed by atoms with van der Waals surface area (Å²) < 4.78 is 5.53. The van der Waals surface area contributed by atoms with E-state index >= 15 is 0 Å². The molecule has 0 spiro atoms. The molecule has 19 heavy (non-hydrogen) atoms. The van der Waals surface area contributed by atoms with Crippen LogP contribution in [0.5, 0.6) is 0 Å². The summed E-state index contributed by atoms with van der Waals surface area (Å²) in [5.41, 5.74) is 1.36. The molecule has 2 aromatic rings. The van der Waals surface area contributed by atoms with Gasteiger partial charge in [-0.2, -0.15) is 11.8 Å². The van der Waals surface area contributed by atoms with Crippen LogP contribution in [-0.2, 0) is 5.75 Å². The van der Waals surface area contributed by atoms with Gasteiger partial charge in [0.05, 0.1) is 0 Å². The van der Waals surface area contributed by atoms with Crippen molar-refractivity contribution >= 4 is 17.8 Å². The van der Waals surface area contributed by atoms with Crippen molar-refractivity contribution in [1.29, 1.82) is 0 Å². The Labute approximate surface area is 117 Å². The molecule has 1 heterocycles. The monoisotopic (exact) mass is 275 g/mol. The first-order chi connectivity index (χ1) is 9.42. The van der Waals surface area contributed by atoms with Crippen LogP contribution in [-0.4, -0.2) is 22.5 Å². The summed E-state index contributed by atoms with van der Waals surface area (Å²) in [5, 5.41) is 11.2. The van der Waals surface area contributed by atoms with Gasteiger partial charge in [0.25, 0.3) is 0 Å². The average molecular weight is 275 g/mol. The zero-order valence-electron chi connectivity index (χ0n) is 10.7. The van der Waals surface area contributed by atoms with Crippen molar-refractivity contribution in [3.8, 4) is 0 Å². The minimum atomic E-state index is 0.524. The molecule has 1 saturated carbocycles. The molecule has 0 aliphatic heterocycles. The van der Waals surface area contributed by atoms with Crippen molar-refractivity contribution in [1.82, 2.24) is 10.2 Å². The molecule has 0 unspecified atom stereocenters.